The van der Waals surface area contributed by atoms with E-state index in [0.29, 0.717) is 0 Å². The molecular weight excluding hydrogens is 238 g/mol. The van der Waals surface area contributed by atoms with Crippen molar-refractivity contribution >= 4 is 17.8 Å². The first kappa shape index (κ1) is 13.7. The lowest BCUT2D eigenvalue weighted by Crippen LogP contribution is -2.10. The number of thioether (sulfide) groups is 1. The van der Waals surface area contributed by atoms with Gasteiger partial charge in [-0.25, -0.2) is 0 Å². The molecule has 0 aromatic heterocycles. The highest BCUT2D eigenvalue weighted by atomic mass is 32.2. The number of benzene rings is 1. The van der Waals surface area contributed by atoms with Crippen LogP contribution in [0, 0.1) is 0 Å². The third-order valence-electron chi connectivity index (χ3n) is 3.27. The molecule has 18 heavy (non-hydrogen) atoms. The van der Waals surface area contributed by atoms with Gasteiger partial charge >= 0.3 is 0 Å². The van der Waals surface area contributed by atoms with Gasteiger partial charge in [0, 0.05) is 16.7 Å². The summed E-state index contributed by atoms with van der Waals surface area (Å²) in [5, 5.41) is 0.861. The molecule has 1 nitrogen and oxygen atoms in total. The van der Waals surface area contributed by atoms with Gasteiger partial charge in [-0.15, -0.1) is 11.8 Å². The number of rotatable bonds is 5. The lowest BCUT2D eigenvalue weighted by atomic mass is 10.2. The van der Waals surface area contributed by atoms with Crippen LogP contribution in [0.3, 0.4) is 0 Å². The summed E-state index contributed by atoms with van der Waals surface area (Å²) in [5.41, 5.74) is 1.30. The molecule has 0 atom stereocenters. The Bertz CT molecular complexity index is 375. The zero-order chi connectivity index (χ0) is 12.8. The molecule has 0 bridgehead atoms. The van der Waals surface area contributed by atoms with Crippen molar-refractivity contribution in [1.29, 1.82) is 0 Å². The molecule has 0 aliphatic heterocycles. The van der Waals surface area contributed by atoms with E-state index in [4.69, 9.17) is 0 Å². The van der Waals surface area contributed by atoms with E-state index in [1.54, 1.807) is 0 Å². The van der Waals surface area contributed by atoms with Crippen molar-refractivity contribution in [2.24, 2.45) is 0 Å². The molecule has 98 valence electrons. The molecule has 0 radical (unpaired) electrons. The quantitative estimate of drug-likeness (QED) is 0.777. The van der Waals surface area contributed by atoms with E-state index >= 15 is 0 Å². The summed E-state index contributed by atoms with van der Waals surface area (Å²) < 4.78 is 0. The third-order valence-corrected chi connectivity index (χ3v) is 4.61. The van der Waals surface area contributed by atoms with E-state index < -0.39 is 0 Å². The minimum Gasteiger partial charge on any atom is -0.306 e. The highest BCUT2D eigenvalue weighted by Crippen LogP contribution is 2.34. The van der Waals surface area contributed by atoms with Gasteiger partial charge in [-0.3, -0.25) is 0 Å². The Kier molecular flexibility index (Phi) is 5.33. The van der Waals surface area contributed by atoms with Gasteiger partial charge < -0.3 is 4.90 Å². The van der Waals surface area contributed by atoms with E-state index in [1.807, 2.05) is 0 Å². The fourth-order valence-corrected chi connectivity index (χ4v) is 3.50. The predicted octanol–water partition coefficient (Wildman–Crippen LogP) is 4.30. The maximum absolute atomic E-state index is 2.26. The summed E-state index contributed by atoms with van der Waals surface area (Å²) in [6.07, 6.45) is 10.0. The van der Waals surface area contributed by atoms with Crippen LogP contribution < -0.4 is 0 Å². The van der Waals surface area contributed by atoms with Crippen molar-refractivity contribution in [3.63, 3.8) is 0 Å². The Hall–Kier alpha value is -0.730. The first-order valence-corrected chi connectivity index (χ1v) is 7.70. The Labute approximate surface area is 115 Å². The molecule has 0 amide bonds. The summed E-state index contributed by atoms with van der Waals surface area (Å²) in [6, 6.07) is 8.98. The SMILES string of the molecule is CN(C)CC=Cc1ccc(SC2CCCC2)cc1. The molecule has 1 aliphatic rings. The van der Waals surface area contributed by atoms with Gasteiger partial charge in [0.25, 0.3) is 0 Å². The smallest absolute Gasteiger partial charge is 0.0160 e. The monoisotopic (exact) mass is 261 g/mol. The van der Waals surface area contributed by atoms with Crippen molar-refractivity contribution < 1.29 is 0 Å². The molecule has 1 fully saturated rings. The summed E-state index contributed by atoms with van der Waals surface area (Å²) in [4.78, 5) is 3.59. The van der Waals surface area contributed by atoms with Crippen LogP contribution in [-0.4, -0.2) is 30.8 Å². The second kappa shape index (κ2) is 7.01. The molecule has 1 aromatic rings. The lowest BCUT2D eigenvalue weighted by molar-refractivity contribution is 0.457. The average Bonchev–Trinajstić information content (AvgIpc) is 2.84. The molecule has 1 saturated carbocycles. The minimum atomic E-state index is 0.861. The van der Waals surface area contributed by atoms with Crippen molar-refractivity contribution in [3.05, 3.63) is 35.9 Å². The summed E-state index contributed by atoms with van der Waals surface area (Å²) in [7, 11) is 4.18. The first-order valence-electron chi connectivity index (χ1n) is 6.82. The van der Waals surface area contributed by atoms with E-state index in [9.17, 15) is 0 Å². The Balaban J connectivity index is 1.86. The van der Waals surface area contributed by atoms with Crippen LogP contribution in [0.5, 0.6) is 0 Å². The van der Waals surface area contributed by atoms with Gasteiger partial charge in [0.2, 0.25) is 0 Å². The molecular formula is C16H23NS. The van der Waals surface area contributed by atoms with Crippen molar-refractivity contribution in [2.45, 2.75) is 35.8 Å². The number of hydrogen-bond acceptors (Lipinski definition) is 2. The zero-order valence-corrected chi connectivity index (χ0v) is 12.2. The molecule has 0 unspecified atom stereocenters. The van der Waals surface area contributed by atoms with E-state index in [0.717, 1.165) is 11.8 Å². The van der Waals surface area contributed by atoms with E-state index in [-0.39, 0.29) is 0 Å². The number of nitrogens with zero attached hydrogens (tertiary/aromatic N) is 1. The number of hydrogen-bond donors (Lipinski definition) is 0. The van der Waals surface area contributed by atoms with Gasteiger partial charge in [-0.2, -0.15) is 0 Å². The van der Waals surface area contributed by atoms with Crippen molar-refractivity contribution in [3.8, 4) is 0 Å². The van der Waals surface area contributed by atoms with Crippen LogP contribution >= 0.6 is 11.8 Å². The molecule has 2 heteroatoms. The molecule has 2 rings (SSSR count). The van der Waals surface area contributed by atoms with E-state index in [2.05, 4.69) is 67.2 Å². The Morgan fingerprint density at radius 1 is 1.17 bits per heavy atom. The standard InChI is InChI=1S/C16H23NS/c1-17(2)13-5-6-14-9-11-16(12-10-14)18-15-7-3-4-8-15/h5-6,9-12,15H,3-4,7-8,13H2,1-2H3. The normalized spacial score (nSPS) is 17.1. The molecule has 0 heterocycles. The van der Waals surface area contributed by atoms with Crippen LogP contribution in [0.2, 0.25) is 0 Å². The summed E-state index contributed by atoms with van der Waals surface area (Å²) >= 11 is 2.06. The second-order valence-corrected chi connectivity index (χ2v) is 6.63. The lowest BCUT2D eigenvalue weighted by Gasteiger charge is -2.08. The van der Waals surface area contributed by atoms with Gasteiger partial charge in [0.1, 0.15) is 0 Å². The van der Waals surface area contributed by atoms with Crippen LogP contribution in [0.15, 0.2) is 35.2 Å². The summed E-state index contributed by atoms with van der Waals surface area (Å²) in [5.74, 6) is 0. The van der Waals surface area contributed by atoms with Crippen LogP contribution in [-0.2, 0) is 0 Å². The Morgan fingerprint density at radius 2 is 1.83 bits per heavy atom. The predicted molar refractivity (Wildman–Crippen MR) is 82.1 cm³/mol. The maximum Gasteiger partial charge on any atom is 0.0160 e. The zero-order valence-electron chi connectivity index (χ0n) is 11.4. The van der Waals surface area contributed by atoms with Gasteiger partial charge in [0.05, 0.1) is 0 Å². The molecule has 0 N–H and O–H groups in total. The van der Waals surface area contributed by atoms with E-state index in [1.165, 1.54) is 36.1 Å². The molecule has 1 aromatic carbocycles. The molecule has 0 saturated heterocycles. The molecule has 0 spiro atoms. The van der Waals surface area contributed by atoms with Gasteiger partial charge in [0.15, 0.2) is 0 Å². The van der Waals surface area contributed by atoms with Crippen LogP contribution in [0.4, 0.5) is 0 Å². The van der Waals surface area contributed by atoms with Crippen molar-refractivity contribution in [1.82, 2.24) is 4.90 Å². The third kappa shape index (κ3) is 4.51. The fraction of sp³-hybridized carbons (Fsp3) is 0.500. The first-order chi connectivity index (χ1) is 8.74. The second-order valence-electron chi connectivity index (χ2n) is 5.26. The highest BCUT2D eigenvalue weighted by molar-refractivity contribution is 8.00. The van der Waals surface area contributed by atoms with Crippen LogP contribution in [0.1, 0.15) is 31.2 Å². The minimum absolute atomic E-state index is 0.861. The molecule has 1 aliphatic carbocycles. The maximum atomic E-state index is 2.26. The van der Waals surface area contributed by atoms with Crippen LogP contribution in [0.25, 0.3) is 6.08 Å². The summed E-state index contributed by atoms with van der Waals surface area (Å²) in [6.45, 7) is 0.999. The number of likely N-dealkylation sites (N-methyl/N-ethyl adjacent to an activating group) is 1. The Morgan fingerprint density at radius 3 is 2.44 bits per heavy atom. The van der Waals surface area contributed by atoms with Crippen molar-refractivity contribution in [2.75, 3.05) is 20.6 Å². The highest BCUT2D eigenvalue weighted by Gasteiger charge is 2.15. The fourth-order valence-electron chi connectivity index (χ4n) is 2.26. The largest absolute Gasteiger partial charge is 0.306 e. The van der Waals surface area contributed by atoms with Gasteiger partial charge in [-0.1, -0.05) is 37.1 Å². The average molecular weight is 261 g/mol. The topological polar surface area (TPSA) is 3.24 Å². The van der Waals surface area contributed by atoms with Gasteiger partial charge in [-0.05, 0) is 44.6 Å².